The van der Waals surface area contributed by atoms with Crippen LogP contribution < -0.4 is 0 Å². The molecule has 0 amide bonds. The summed E-state index contributed by atoms with van der Waals surface area (Å²) in [7, 11) is 0. The number of phenols is 1. The van der Waals surface area contributed by atoms with Crippen LogP contribution in [-0.2, 0) is 0 Å². The monoisotopic (exact) mass is 230 g/mol. The van der Waals surface area contributed by atoms with Crippen LogP contribution in [0.1, 0.15) is 22.0 Å². The topological polar surface area (TPSA) is 98.0 Å². The van der Waals surface area contributed by atoms with Crippen molar-refractivity contribution in [3.8, 4) is 5.75 Å². The number of aliphatic hydroxyl groups excluding tert-OH is 3. The molecule has 1 rings (SSSR count). The summed E-state index contributed by atoms with van der Waals surface area (Å²) in [4.78, 5) is 10.5. The third-order valence-electron chi connectivity index (χ3n) is 2.14. The van der Waals surface area contributed by atoms with Crippen molar-refractivity contribution in [2.24, 2.45) is 0 Å². The molecule has 2 unspecified atom stereocenters. The molecule has 0 aromatic heterocycles. The maximum Gasteiger partial charge on any atom is 0.165 e. The van der Waals surface area contributed by atoms with E-state index < -0.39 is 30.4 Å². The summed E-state index contributed by atoms with van der Waals surface area (Å²) in [6.45, 7) is -0.708. The van der Waals surface area contributed by atoms with Crippen molar-refractivity contribution in [3.63, 3.8) is 0 Å². The Hall–Kier alpha value is -1.50. The third-order valence-corrected chi connectivity index (χ3v) is 2.14. The lowest BCUT2D eigenvalue weighted by molar-refractivity contribution is -0.0154. The molecule has 0 bridgehead atoms. The summed E-state index contributed by atoms with van der Waals surface area (Å²) in [5.41, 5.74) is -0.432. The summed E-state index contributed by atoms with van der Waals surface area (Å²) in [5, 5.41) is 36.3. The van der Waals surface area contributed by atoms with Gasteiger partial charge in [0.15, 0.2) is 17.9 Å². The van der Waals surface area contributed by atoms with Crippen molar-refractivity contribution in [2.45, 2.75) is 12.2 Å². The van der Waals surface area contributed by atoms with Crippen molar-refractivity contribution in [1.29, 1.82) is 0 Å². The minimum Gasteiger partial charge on any atom is -0.504 e. The second-order valence-electron chi connectivity index (χ2n) is 3.25. The van der Waals surface area contributed by atoms with E-state index in [0.29, 0.717) is 0 Å². The quantitative estimate of drug-likeness (QED) is 0.534. The molecule has 0 aliphatic carbocycles. The highest BCUT2D eigenvalue weighted by Gasteiger charge is 2.20. The van der Waals surface area contributed by atoms with Gasteiger partial charge in [-0.2, -0.15) is 0 Å². The molecule has 1 aromatic carbocycles. The van der Waals surface area contributed by atoms with Gasteiger partial charge in [0.2, 0.25) is 0 Å². The highest BCUT2D eigenvalue weighted by Crippen LogP contribution is 2.26. The van der Waals surface area contributed by atoms with Gasteiger partial charge in [0.1, 0.15) is 12.2 Å². The zero-order valence-corrected chi connectivity index (χ0v) is 8.17. The van der Waals surface area contributed by atoms with Crippen molar-refractivity contribution in [1.82, 2.24) is 0 Å². The molecule has 0 saturated carbocycles. The second kappa shape index (κ2) is 5.02. The zero-order valence-electron chi connectivity index (χ0n) is 8.17. The molecule has 0 aliphatic rings. The van der Waals surface area contributed by atoms with E-state index in [2.05, 4.69) is 0 Å². The fourth-order valence-corrected chi connectivity index (χ4v) is 1.22. The van der Waals surface area contributed by atoms with E-state index in [1.165, 1.54) is 0 Å². The Morgan fingerprint density at radius 1 is 1.38 bits per heavy atom. The number of aliphatic hydroxyl groups is 3. The van der Waals surface area contributed by atoms with Gasteiger partial charge in [-0.1, -0.05) is 0 Å². The van der Waals surface area contributed by atoms with Crippen LogP contribution >= 0.6 is 0 Å². The average molecular weight is 230 g/mol. The summed E-state index contributed by atoms with van der Waals surface area (Å²) in [6, 6.07) is 1.82. The van der Waals surface area contributed by atoms with Crippen LogP contribution in [0.2, 0.25) is 0 Å². The molecule has 5 nitrogen and oxygen atoms in total. The van der Waals surface area contributed by atoms with E-state index >= 15 is 0 Å². The second-order valence-corrected chi connectivity index (χ2v) is 3.25. The summed E-state index contributed by atoms with van der Waals surface area (Å²) in [6.07, 6.45) is -2.79. The van der Waals surface area contributed by atoms with Gasteiger partial charge in [-0.05, 0) is 17.7 Å². The van der Waals surface area contributed by atoms with Crippen LogP contribution in [0.25, 0.3) is 0 Å². The Bertz CT molecular complexity index is 393. The molecular weight excluding hydrogens is 219 g/mol. The lowest BCUT2D eigenvalue weighted by Crippen LogP contribution is -2.22. The highest BCUT2D eigenvalue weighted by molar-refractivity contribution is 5.79. The van der Waals surface area contributed by atoms with Gasteiger partial charge in [-0.15, -0.1) is 0 Å². The van der Waals surface area contributed by atoms with E-state index in [4.69, 9.17) is 15.3 Å². The van der Waals surface area contributed by atoms with Crippen LogP contribution in [0.15, 0.2) is 12.1 Å². The summed E-state index contributed by atoms with van der Waals surface area (Å²) in [5.74, 6) is -1.90. The minimum atomic E-state index is -1.53. The fraction of sp³-hybridized carbons (Fsp3) is 0.300. The first-order valence-corrected chi connectivity index (χ1v) is 4.45. The van der Waals surface area contributed by atoms with E-state index in [1.54, 1.807) is 0 Å². The lowest BCUT2D eigenvalue weighted by atomic mass is 10.0. The zero-order chi connectivity index (χ0) is 12.3. The molecule has 0 radical (unpaired) electrons. The molecule has 1 aromatic rings. The minimum absolute atomic E-state index is 0.0982. The number of hydrogen-bond acceptors (Lipinski definition) is 5. The number of rotatable bonds is 4. The lowest BCUT2D eigenvalue weighted by Gasteiger charge is -2.16. The van der Waals surface area contributed by atoms with Crippen LogP contribution in [0.5, 0.6) is 5.75 Å². The molecule has 2 atom stereocenters. The van der Waals surface area contributed by atoms with Crippen LogP contribution in [-0.4, -0.2) is 39.4 Å². The number of hydrogen-bond donors (Lipinski definition) is 4. The SMILES string of the molecule is O=Cc1cc(C(O)C(O)CO)cc(F)c1O. The smallest absolute Gasteiger partial charge is 0.165 e. The van der Waals surface area contributed by atoms with Crippen molar-refractivity contribution in [2.75, 3.05) is 6.61 Å². The van der Waals surface area contributed by atoms with Gasteiger partial charge >= 0.3 is 0 Å². The van der Waals surface area contributed by atoms with E-state index in [-0.39, 0.29) is 17.4 Å². The Labute approximate surface area is 90.4 Å². The molecule has 0 saturated heterocycles. The molecule has 0 spiro atoms. The molecule has 4 N–H and O–H groups in total. The normalized spacial score (nSPS) is 14.5. The number of benzene rings is 1. The average Bonchev–Trinajstić information content (AvgIpc) is 2.30. The van der Waals surface area contributed by atoms with Gasteiger partial charge in [-0.25, -0.2) is 4.39 Å². The third kappa shape index (κ3) is 2.35. The maximum absolute atomic E-state index is 13.1. The van der Waals surface area contributed by atoms with Crippen LogP contribution in [0, 0.1) is 5.82 Å². The van der Waals surface area contributed by atoms with E-state index in [1.807, 2.05) is 0 Å². The summed E-state index contributed by atoms with van der Waals surface area (Å²) >= 11 is 0. The maximum atomic E-state index is 13.1. The number of carbonyl (C=O) groups is 1. The Morgan fingerprint density at radius 2 is 2.00 bits per heavy atom. The molecule has 16 heavy (non-hydrogen) atoms. The Balaban J connectivity index is 3.15. The molecule has 88 valence electrons. The number of aromatic hydroxyl groups is 1. The molecule has 0 fully saturated rings. The number of carbonyl (C=O) groups excluding carboxylic acids is 1. The fourth-order valence-electron chi connectivity index (χ4n) is 1.22. The number of aldehydes is 1. The Kier molecular flexibility index (Phi) is 3.94. The van der Waals surface area contributed by atoms with Crippen molar-refractivity contribution in [3.05, 3.63) is 29.1 Å². The predicted octanol–water partition coefficient (Wildman–Crippen LogP) is -0.270. The van der Waals surface area contributed by atoms with Gasteiger partial charge in [0.05, 0.1) is 12.2 Å². The number of halogens is 1. The van der Waals surface area contributed by atoms with Crippen LogP contribution in [0.3, 0.4) is 0 Å². The first-order chi connectivity index (χ1) is 7.51. The van der Waals surface area contributed by atoms with Gasteiger partial charge < -0.3 is 20.4 Å². The van der Waals surface area contributed by atoms with Crippen molar-refractivity contribution >= 4 is 6.29 Å². The van der Waals surface area contributed by atoms with Gasteiger partial charge in [0.25, 0.3) is 0 Å². The first-order valence-electron chi connectivity index (χ1n) is 4.45. The highest BCUT2D eigenvalue weighted by atomic mass is 19.1. The molecular formula is C10H11FO5. The standard InChI is InChI=1S/C10H11FO5/c11-7-2-5(10(16)8(14)4-13)1-6(3-12)9(7)15/h1-3,8,10,13-16H,4H2. The van der Waals surface area contributed by atoms with E-state index in [0.717, 1.165) is 12.1 Å². The van der Waals surface area contributed by atoms with Gasteiger partial charge in [-0.3, -0.25) is 4.79 Å². The molecule has 0 aliphatic heterocycles. The predicted molar refractivity (Wildman–Crippen MR) is 51.5 cm³/mol. The largest absolute Gasteiger partial charge is 0.504 e. The van der Waals surface area contributed by atoms with Crippen molar-refractivity contribution < 1.29 is 29.6 Å². The first kappa shape index (κ1) is 12.6. The van der Waals surface area contributed by atoms with Crippen LogP contribution in [0.4, 0.5) is 4.39 Å². The van der Waals surface area contributed by atoms with E-state index in [9.17, 15) is 14.3 Å². The summed E-state index contributed by atoms with van der Waals surface area (Å²) < 4.78 is 13.1. The Morgan fingerprint density at radius 3 is 2.50 bits per heavy atom. The molecule has 0 heterocycles. The van der Waals surface area contributed by atoms with Gasteiger partial charge in [0, 0.05) is 0 Å². The number of phenolic OH excluding ortho intramolecular Hbond substituents is 1. The molecule has 6 heteroatoms.